The summed E-state index contributed by atoms with van der Waals surface area (Å²) in [7, 11) is 2.70. The third kappa shape index (κ3) is 5.89. The third-order valence-electron chi connectivity index (χ3n) is 6.13. The van der Waals surface area contributed by atoms with Gasteiger partial charge in [0.05, 0.1) is 0 Å². The topological polar surface area (TPSA) is 281 Å². The molecule has 1 unspecified atom stereocenters. The molecular formula is C22H22N8O11S2. The van der Waals surface area contributed by atoms with Crippen LogP contribution in [-0.4, -0.2) is 101 Å². The van der Waals surface area contributed by atoms with Crippen LogP contribution in [0.2, 0.25) is 0 Å². The highest BCUT2D eigenvalue weighted by atomic mass is 32.2. The standard InChI is InChI=1S/C22H22N8O11S2/c1-29-21(26-27-28-29)43-7-9-6-42-18-22(39-2,17(36)30(18)13(9)16(34)35)25-14(31)12(15(32)33)8-3-4-10(40-19(23)37)11(5-8)41-20(24)38/h3-5,12,18H,6-7H2,1-2H3,(H2,23,37)(H2,24,38)(H,25,31)(H,32,33)(H,34,35)/t12?,18-,22+/m1/s1. The van der Waals surface area contributed by atoms with Crippen LogP contribution in [0.25, 0.3) is 0 Å². The number of fused-ring (bicyclic) bond motifs is 1. The largest absolute Gasteiger partial charge is 0.480 e. The van der Waals surface area contributed by atoms with Gasteiger partial charge in [0.2, 0.25) is 11.1 Å². The predicted octanol–water partition coefficient (Wildman–Crippen LogP) is -1.20. The average Bonchev–Trinajstić information content (AvgIpc) is 3.34. The van der Waals surface area contributed by atoms with Gasteiger partial charge in [0, 0.05) is 25.7 Å². The van der Waals surface area contributed by atoms with E-state index in [-0.39, 0.29) is 22.8 Å². The summed E-state index contributed by atoms with van der Waals surface area (Å²) in [4.78, 5) is 74.7. The van der Waals surface area contributed by atoms with Crippen molar-refractivity contribution in [3.63, 3.8) is 0 Å². The van der Waals surface area contributed by atoms with Crippen molar-refractivity contribution < 1.29 is 53.2 Å². The zero-order valence-electron chi connectivity index (χ0n) is 22.1. The van der Waals surface area contributed by atoms with Crippen LogP contribution in [0.1, 0.15) is 11.5 Å². The van der Waals surface area contributed by atoms with Gasteiger partial charge in [-0.1, -0.05) is 17.8 Å². The van der Waals surface area contributed by atoms with E-state index in [4.69, 9.17) is 25.7 Å². The van der Waals surface area contributed by atoms with E-state index < -0.39 is 64.5 Å². The van der Waals surface area contributed by atoms with Crippen LogP contribution in [0.5, 0.6) is 11.5 Å². The number of aryl methyl sites for hydroxylation is 1. The zero-order valence-corrected chi connectivity index (χ0v) is 23.7. The van der Waals surface area contributed by atoms with Gasteiger partial charge in [-0.05, 0) is 33.7 Å². The Morgan fingerprint density at radius 1 is 1.19 bits per heavy atom. The molecule has 43 heavy (non-hydrogen) atoms. The summed E-state index contributed by atoms with van der Waals surface area (Å²) in [5.41, 5.74) is 7.68. The molecule has 4 rings (SSSR count). The van der Waals surface area contributed by atoms with E-state index in [0.717, 1.165) is 53.7 Å². The lowest BCUT2D eigenvalue weighted by molar-refractivity contribution is -0.193. The van der Waals surface area contributed by atoms with Crippen molar-refractivity contribution in [2.24, 2.45) is 18.5 Å². The Balaban J connectivity index is 1.61. The highest BCUT2D eigenvalue weighted by Crippen LogP contribution is 2.47. The number of carboxylic acid groups (broad SMARTS) is 2. The number of nitrogens with one attached hydrogen (secondary N) is 1. The van der Waals surface area contributed by atoms with Gasteiger partial charge in [-0.15, -0.1) is 16.9 Å². The number of benzene rings is 1. The number of amides is 4. The normalized spacial score (nSPS) is 20.0. The van der Waals surface area contributed by atoms with Gasteiger partial charge in [0.15, 0.2) is 17.4 Å². The minimum Gasteiger partial charge on any atom is -0.480 e. The number of nitrogens with two attached hydrogens (primary N) is 2. The maximum atomic E-state index is 13.4. The maximum Gasteiger partial charge on any atom is 0.410 e. The van der Waals surface area contributed by atoms with Crippen molar-refractivity contribution in [2.75, 3.05) is 18.6 Å². The molecule has 0 aliphatic carbocycles. The number of methoxy groups -OCH3 is 1. The van der Waals surface area contributed by atoms with Crippen molar-refractivity contribution in [1.82, 2.24) is 30.4 Å². The Kier molecular flexibility index (Phi) is 8.77. The van der Waals surface area contributed by atoms with Gasteiger partial charge >= 0.3 is 24.1 Å². The SMILES string of the molecule is CO[C@@]1(NC(=O)C(C(=O)O)c2ccc(OC(N)=O)c(OC(N)=O)c2)C(=O)N2C(C(=O)O)=C(CSc3nnnn3C)CS[C@@H]21. The molecule has 7 N–H and O–H groups in total. The number of hydrogen-bond donors (Lipinski definition) is 5. The summed E-state index contributed by atoms with van der Waals surface area (Å²) >= 11 is 2.24. The van der Waals surface area contributed by atoms with E-state index >= 15 is 0 Å². The molecule has 1 fully saturated rings. The molecule has 2 aliphatic rings. The molecule has 19 nitrogen and oxygen atoms in total. The fraction of sp³-hybridized carbons (Fsp3) is 0.318. The Labute approximate surface area is 248 Å². The summed E-state index contributed by atoms with van der Waals surface area (Å²) in [6.07, 6.45) is -2.62. The van der Waals surface area contributed by atoms with Crippen molar-refractivity contribution in [2.45, 2.75) is 22.2 Å². The number of aromatic nitrogens is 4. The highest BCUT2D eigenvalue weighted by molar-refractivity contribution is 8.01. The Morgan fingerprint density at radius 2 is 1.86 bits per heavy atom. The quantitative estimate of drug-likeness (QED) is 0.0836. The van der Waals surface area contributed by atoms with Crippen molar-refractivity contribution in [1.29, 1.82) is 0 Å². The summed E-state index contributed by atoms with van der Waals surface area (Å²) < 4.78 is 16.2. The summed E-state index contributed by atoms with van der Waals surface area (Å²) in [6, 6.07) is 3.00. The molecule has 0 bridgehead atoms. The second kappa shape index (κ2) is 12.1. The number of carbonyl (C=O) groups is 6. The van der Waals surface area contributed by atoms with E-state index in [1.807, 2.05) is 0 Å². The van der Waals surface area contributed by atoms with Crippen molar-refractivity contribution in [3.05, 3.63) is 35.0 Å². The molecular weight excluding hydrogens is 616 g/mol. The second-order valence-electron chi connectivity index (χ2n) is 8.72. The minimum atomic E-state index is -2.12. The Bertz CT molecular complexity index is 1560. The van der Waals surface area contributed by atoms with Crippen LogP contribution in [0, 0.1) is 0 Å². The number of carbonyl (C=O) groups excluding carboxylic acids is 4. The maximum absolute atomic E-state index is 13.4. The monoisotopic (exact) mass is 638 g/mol. The van der Waals surface area contributed by atoms with Gasteiger partial charge in [0.25, 0.3) is 11.6 Å². The zero-order chi connectivity index (χ0) is 31.6. The Hall–Kier alpha value is -4.89. The number of thioether (sulfide) groups is 2. The first-order chi connectivity index (χ1) is 20.3. The van der Waals surface area contributed by atoms with Crippen LogP contribution >= 0.6 is 23.5 Å². The summed E-state index contributed by atoms with van der Waals surface area (Å²) in [5, 5.41) is 32.6. The number of primary amides is 2. The van der Waals surface area contributed by atoms with E-state index in [1.54, 1.807) is 7.05 Å². The third-order valence-corrected chi connectivity index (χ3v) is 8.60. The summed E-state index contributed by atoms with van der Waals surface area (Å²) in [5.74, 6) is -7.93. The smallest absolute Gasteiger partial charge is 0.410 e. The number of carboxylic acids is 2. The van der Waals surface area contributed by atoms with Gasteiger partial charge in [0.1, 0.15) is 11.1 Å². The van der Waals surface area contributed by atoms with Gasteiger partial charge in [-0.2, -0.15) is 0 Å². The average molecular weight is 639 g/mol. The van der Waals surface area contributed by atoms with Crippen molar-refractivity contribution >= 4 is 59.5 Å². The van der Waals surface area contributed by atoms with Crippen LogP contribution in [-0.2, 0) is 31.0 Å². The molecule has 0 saturated carbocycles. The highest BCUT2D eigenvalue weighted by Gasteiger charge is 2.67. The number of hydrogen-bond acceptors (Lipinski definition) is 14. The molecule has 3 heterocycles. The van der Waals surface area contributed by atoms with E-state index in [0.29, 0.717) is 10.7 Å². The molecule has 0 spiro atoms. The number of tetrazole rings is 1. The minimum absolute atomic E-state index is 0.118. The van der Waals surface area contributed by atoms with Gasteiger partial charge < -0.3 is 41.2 Å². The first kappa shape index (κ1) is 31.1. The molecule has 1 aromatic carbocycles. The lowest BCUT2D eigenvalue weighted by Gasteiger charge is -2.56. The number of ether oxygens (including phenoxy) is 3. The first-order valence-corrected chi connectivity index (χ1v) is 13.8. The predicted molar refractivity (Wildman–Crippen MR) is 142 cm³/mol. The lowest BCUT2D eigenvalue weighted by Crippen LogP contribution is -2.81. The molecule has 21 heteroatoms. The second-order valence-corrected chi connectivity index (χ2v) is 10.7. The number of β-lactam (4-membered cyclic amide) rings is 1. The summed E-state index contributed by atoms with van der Waals surface area (Å²) in [6.45, 7) is 0. The molecule has 1 aromatic heterocycles. The van der Waals surface area contributed by atoms with Crippen LogP contribution < -0.4 is 26.3 Å². The molecule has 2 aromatic rings. The molecule has 2 aliphatic heterocycles. The first-order valence-electron chi connectivity index (χ1n) is 11.7. The number of rotatable bonds is 11. The fourth-order valence-electron chi connectivity index (χ4n) is 4.30. The van der Waals surface area contributed by atoms with E-state index in [9.17, 15) is 39.0 Å². The number of nitrogens with zero attached hydrogens (tertiary/aromatic N) is 5. The number of aliphatic carboxylic acids is 2. The molecule has 1 saturated heterocycles. The molecule has 3 atom stereocenters. The van der Waals surface area contributed by atoms with Crippen molar-refractivity contribution in [3.8, 4) is 11.5 Å². The molecule has 4 amide bonds. The molecule has 0 radical (unpaired) electrons. The Morgan fingerprint density at radius 3 is 2.42 bits per heavy atom. The van der Waals surface area contributed by atoms with E-state index in [2.05, 4.69) is 20.8 Å². The fourth-order valence-corrected chi connectivity index (χ4v) is 6.72. The lowest BCUT2D eigenvalue weighted by atomic mass is 9.94. The van der Waals surface area contributed by atoms with Crippen LogP contribution in [0.3, 0.4) is 0 Å². The van der Waals surface area contributed by atoms with Gasteiger partial charge in [-0.25, -0.2) is 19.1 Å². The van der Waals surface area contributed by atoms with Crippen LogP contribution in [0.4, 0.5) is 9.59 Å². The van der Waals surface area contributed by atoms with Crippen LogP contribution in [0.15, 0.2) is 34.6 Å². The van der Waals surface area contributed by atoms with Gasteiger partial charge in [-0.3, -0.25) is 19.3 Å². The van der Waals surface area contributed by atoms with E-state index in [1.165, 1.54) is 4.68 Å². The molecule has 228 valence electrons.